The van der Waals surface area contributed by atoms with Crippen molar-refractivity contribution in [3.8, 4) is 0 Å². The van der Waals surface area contributed by atoms with Gasteiger partial charge in [-0.25, -0.2) is 0 Å². The van der Waals surface area contributed by atoms with E-state index in [9.17, 15) is 45.6 Å². The average molecular weight is 613 g/mol. The highest BCUT2D eigenvalue weighted by Gasteiger charge is 2.52. The number of amides is 1. The highest BCUT2D eigenvalue weighted by molar-refractivity contribution is 5.80. The van der Waals surface area contributed by atoms with E-state index in [1.807, 2.05) is 0 Å². The second kappa shape index (κ2) is 15.4. The molecular formula is C23H44N6O13. The molecule has 19 nitrogen and oxygen atoms in total. The minimum atomic E-state index is -1.77. The van der Waals surface area contributed by atoms with Crippen LogP contribution < -0.4 is 28.3 Å². The van der Waals surface area contributed by atoms with Crippen LogP contribution in [0.2, 0.25) is 0 Å². The quantitative estimate of drug-likeness (QED) is 0.0760. The van der Waals surface area contributed by atoms with E-state index in [4.69, 9.17) is 41.9 Å². The Kier molecular flexibility index (Phi) is 12.7. The van der Waals surface area contributed by atoms with Crippen LogP contribution in [-0.4, -0.2) is 171 Å². The first-order valence-electron chi connectivity index (χ1n) is 13.6. The highest BCUT2D eigenvalue weighted by Crippen LogP contribution is 2.32. The predicted octanol–water partition coefficient (Wildman–Crippen LogP) is -8.40. The van der Waals surface area contributed by atoms with Gasteiger partial charge >= 0.3 is 0 Å². The zero-order valence-corrected chi connectivity index (χ0v) is 22.7. The molecule has 0 spiro atoms. The molecule has 42 heavy (non-hydrogen) atoms. The molecule has 0 aromatic heterocycles. The molecule has 2 aliphatic heterocycles. The van der Waals surface area contributed by atoms with Crippen molar-refractivity contribution in [2.45, 2.75) is 111 Å². The van der Waals surface area contributed by atoms with Crippen LogP contribution in [0.25, 0.3) is 0 Å². The van der Waals surface area contributed by atoms with E-state index in [0.717, 1.165) is 6.34 Å². The summed E-state index contributed by atoms with van der Waals surface area (Å²) in [7, 11) is 0. The normalized spacial score (nSPS) is 45.5. The molecular weight excluding hydrogens is 568 g/mol. The molecule has 3 fully saturated rings. The molecule has 1 saturated carbocycles. The van der Waals surface area contributed by atoms with Gasteiger partial charge in [0.25, 0.3) is 0 Å². The summed E-state index contributed by atoms with van der Waals surface area (Å²) in [6, 6.07) is -3.50. The van der Waals surface area contributed by atoms with Crippen molar-refractivity contribution < 1.29 is 64.6 Å². The van der Waals surface area contributed by atoms with Gasteiger partial charge in [0.2, 0.25) is 5.91 Å². The van der Waals surface area contributed by atoms with Gasteiger partial charge in [-0.15, -0.1) is 0 Å². The molecule has 2 heterocycles. The van der Waals surface area contributed by atoms with E-state index in [-0.39, 0.29) is 25.9 Å². The monoisotopic (exact) mass is 612 g/mol. The lowest BCUT2D eigenvalue weighted by Gasteiger charge is -2.49. The summed E-state index contributed by atoms with van der Waals surface area (Å²) in [6.45, 7) is -0.874. The molecule has 1 aliphatic carbocycles. The van der Waals surface area contributed by atoms with Crippen LogP contribution in [0.3, 0.4) is 0 Å². The minimum absolute atomic E-state index is 0.0483. The van der Waals surface area contributed by atoms with Crippen LogP contribution in [0.15, 0.2) is 4.99 Å². The van der Waals surface area contributed by atoms with Crippen LogP contribution in [0.5, 0.6) is 0 Å². The Balaban J connectivity index is 1.84. The summed E-state index contributed by atoms with van der Waals surface area (Å²) < 4.78 is 22.6. The molecule has 19 heteroatoms. The topological polar surface area (TPSA) is 344 Å². The van der Waals surface area contributed by atoms with Crippen molar-refractivity contribution in [1.29, 1.82) is 0 Å². The average Bonchev–Trinajstić information content (AvgIpc) is 2.96. The standard InChI is InChI=1S/C23H44N6O13/c24-4-10-14(33)16(35)17(36)23(39-10)41-19-7(26)3-8(29-21(38)9(31)1-2-28-6-25)20(18(19)37)42-22-15(34)12(27)13(32)11(5-30)40-22/h6-20,22-23,30-37H,1-5,24,26-27H2,(H2,25,28)(H,29,38)/t7-,8+,9-,10+,11+,12-,13+,14+,15+,16-,17+,18-,19+,20-,22+,23+/m0/s1. The lowest BCUT2D eigenvalue weighted by molar-refractivity contribution is -0.332. The maximum Gasteiger partial charge on any atom is 0.249 e. The van der Waals surface area contributed by atoms with Crippen molar-refractivity contribution in [3.63, 3.8) is 0 Å². The predicted molar refractivity (Wildman–Crippen MR) is 140 cm³/mol. The molecule has 1 amide bonds. The first kappa shape index (κ1) is 34.8. The largest absolute Gasteiger partial charge is 0.394 e. The Morgan fingerprint density at radius 1 is 0.929 bits per heavy atom. The fourth-order valence-electron chi connectivity index (χ4n) is 5.18. The Morgan fingerprint density at radius 3 is 2.17 bits per heavy atom. The Labute approximate surface area is 241 Å². The van der Waals surface area contributed by atoms with Gasteiger partial charge < -0.3 is 88.1 Å². The van der Waals surface area contributed by atoms with Crippen LogP contribution in [0, 0.1) is 0 Å². The molecule has 0 radical (unpaired) electrons. The van der Waals surface area contributed by atoms with Gasteiger partial charge in [0, 0.05) is 25.6 Å². The van der Waals surface area contributed by atoms with Crippen LogP contribution >= 0.6 is 0 Å². The van der Waals surface area contributed by atoms with Crippen LogP contribution in [0.1, 0.15) is 12.8 Å². The highest BCUT2D eigenvalue weighted by atomic mass is 16.7. The summed E-state index contributed by atoms with van der Waals surface area (Å²) in [4.78, 5) is 16.5. The zero-order valence-electron chi connectivity index (χ0n) is 22.7. The van der Waals surface area contributed by atoms with Crippen molar-refractivity contribution in [3.05, 3.63) is 0 Å². The first-order valence-corrected chi connectivity index (χ1v) is 13.6. The second-order valence-corrected chi connectivity index (χ2v) is 10.6. The van der Waals surface area contributed by atoms with Gasteiger partial charge in [-0.05, 0) is 6.42 Å². The number of carbonyl (C=O) groups excluding carboxylic acids is 1. The molecule has 0 aromatic carbocycles. The number of hydrogen-bond donors (Lipinski definition) is 13. The summed E-state index contributed by atoms with van der Waals surface area (Å²) in [6.07, 6.45) is -19.0. The SMILES string of the molecule is NC=NCC[C@H](O)C(=O)N[C@@H]1C[C@H](N)[C@@H](O[C@H]2O[C@H](CN)[C@@H](O)[C@H](O)[C@H]2O)[C@H](O)[C@H]1O[C@H]1O[C@H](CO)[C@@H](O)[C@H](N)[C@H]1O. The molecule has 16 atom stereocenters. The van der Waals surface area contributed by atoms with Crippen molar-refractivity contribution in [2.24, 2.45) is 27.9 Å². The summed E-state index contributed by atoms with van der Waals surface area (Å²) >= 11 is 0. The lowest BCUT2D eigenvalue weighted by Crippen LogP contribution is -2.69. The summed E-state index contributed by atoms with van der Waals surface area (Å²) in [5.74, 6) is -0.862. The molecule has 3 rings (SSSR count). The molecule has 2 saturated heterocycles. The van der Waals surface area contributed by atoms with E-state index in [1.54, 1.807) is 0 Å². The fourth-order valence-corrected chi connectivity index (χ4v) is 5.18. The molecule has 17 N–H and O–H groups in total. The Morgan fingerprint density at radius 2 is 1.55 bits per heavy atom. The van der Waals surface area contributed by atoms with Crippen molar-refractivity contribution >= 4 is 12.2 Å². The number of nitrogens with zero attached hydrogens (tertiary/aromatic N) is 1. The number of carbonyl (C=O) groups is 1. The van der Waals surface area contributed by atoms with E-state index < -0.39 is 110 Å². The van der Waals surface area contributed by atoms with E-state index in [0.29, 0.717) is 0 Å². The maximum absolute atomic E-state index is 12.8. The Hall–Kier alpha value is -1.66. The van der Waals surface area contributed by atoms with E-state index in [2.05, 4.69) is 10.3 Å². The maximum atomic E-state index is 12.8. The van der Waals surface area contributed by atoms with Gasteiger partial charge in [-0.3, -0.25) is 9.79 Å². The van der Waals surface area contributed by atoms with Gasteiger partial charge in [-0.1, -0.05) is 0 Å². The Bertz CT molecular complexity index is 890. The van der Waals surface area contributed by atoms with Crippen molar-refractivity contribution in [1.82, 2.24) is 5.32 Å². The molecule has 3 aliphatic rings. The smallest absolute Gasteiger partial charge is 0.249 e. The second-order valence-electron chi connectivity index (χ2n) is 10.6. The summed E-state index contributed by atoms with van der Waals surface area (Å²) in [5, 5.41) is 85.3. The first-order chi connectivity index (χ1) is 19.9. The number of nitrogens with one attached hydrogen (secondary N) is 1. The minimum Gasteiger partial charge on any atom is -0.394 e. The zero-order chi connectivity index (χ0) is 31.3. The molecule has 0 aromatic rings. The lowest BCUT2D eigenvalue weighted by atomic mass is 9.83. The van der Waals surface area contributed by atoms with Crippen molar-refractivity contribution in [2.75, 3.05) is 19.7 Å². The molecule has 0 bridgehead atoms. The number of nitrogens with two attached hydrogens (primary N) is 4. The van der Waals surface area contributed by atoms with Gasteiger partial charge in [0.05, 0.1) is 25.0 Å². The third-order valence-corrected chi connectivity index (χ3v) is 7.71. The third kappa shape index (κ3) is 7.70. The number of rotatable bonds is 11. The van der Waals surface area contributed by atoms with Crippen LogP contribution in [0.4, 0.5) is 0 Å². The number of ether oxygens (including phenoxy) is 4. The van der Waals surface area contributed by atoms with Gasteiger partial charge in [0.15, 0.2) is 12.6 Å². The van der Waals surface area contributed by atoms with Crippen LogP contribution in [-0.2, 0) is 23.7 Å². The third-order valence-electron chi connectivity index (χ3n) is 7.71. The van der Waals surface area contributed by atoms with Gasteiger partial charge in [-0.2, -0.15) is 0 Å². The number of aliphatic hydroxyl groups excluding tert-OH is 8. The summed E-state index contributed by atoms with van der Waals surface area (Å²) in [5.41, 5.74) is 22.9. The fraction of sp³-hybridized carbons (Fsp3) is 0.913. The molecule has 0 unspecified atom stereocenters. The number of aliphatic imine (C=N–C) groups is 1. The molecule has 244 valence electrons. The number of hydrogen-bond acceptors (Lipinski definition) is 17. The van der Waals surface area contributed by atoms with E-state index in [1.165, 1.54) is 0 Å². The van der Waals surface area contributed by atoms with E-state index >= 15 is 0 Å². The van der Waals surface area contributed by atoms with Gasteiger partial charge in [0.1, 0.15) is 67.1 Å². The number of aliphatic hydroxyl groups is 8.